The van der Waals surface area contributed by atoms with E-state index in [0.717, 1.165) is 54.0 Å². The molecule has 1 amide bonds. The van der Waals surface area contributed by atoms with E-state index < -0.39 is 0 Å². The second-order valence-corrected chi connectivity index (χ2v) is 9.59. The van der Waals surface area contributed by atoms with Gasteiger partial charge >= 0.3 is 0 Å². The molecule has 6 heteroatoms. The molecule has 4 rings (SSSR count). The molecule has 2 aliphatic carbocycles. The fourth-order valence-corrected chi connectivity index (χ4v) is 5.83. The van der Waals surface area contributed by atoms with Crippen LogP contribution in [-0.4, -0.2) is 24.8 Å². The fraction of sp³-hybridized carbons (Fsp3) is 0.500. The van der Waals surface area contributed by atoms with E-state index >= 15 is 0 Å². The van der Waals surface area contributed by atoms with Gasteiger partial charge < -0.3 is 10.1 Å². The number of halogens is 1. The average molecular weight is 445 g/mol. The molecule has 0 spiro atoms. The first-order valence-electron chi connectivity index (χ1n) is 11.1. The predicted molar refractivity (Wildman–Crippen MR) is 125 cm³/mol. The Balaban J connectivity index is 1.64. The van der Waals surface area contributed by atoms with E-state index in [0.29, 0.717) is 17.7 Å². The van der Waals surface area contributed by atoms with Crippen molar-refractivity contribution in [3.05, 3.63) is 44.8 Å². The Hall–Kier alpha value is -1.85. The Morgan fingerprint density at radius 1 is 1.23 bits per heavy atom. The number of aliphatic imine (C=N–C) groups is 1. The first-order chi connectivity index (χ1) is 14.7. The highest BCUT2D eigenvalue weighted by molar-refractivity contribution is 7.16. The fourth-order valence-electron chi connectivity index (χ4n) is 4.42. The van der Waals surface area contributed by atoms with Crippen LogP contribution in [0.1, 0.15) is 78.2 Å². The summed E-state index contributed by atoms with van der Waals surface area (Å²) >= 11 is 7.86. The largest absolute Gasteiger partial charge is 0.493 e. The first-order valence-corrected chi connectivity index (χ1v) is 12.3. The van der Waals surface area contributed by atoms with Gasteiger partial charge in [-0.3, -0.25) is 4.79 Å². The van der Waals surface area contributed by atoms with Crippen LogP contribution in [0.2, 0.25) is 5.02 Å². The Kier molecular flexibility index (Phi) is 7.11. The number of carbonyl (C=O) groups is 1. The first kappa shape index (κ1) is 21.4. The zero-order valence-electron chi connectivity index (χ0n) is 17.5. The summed E-state index contributed by atoms with van der Waals surface area (Å²) in [5, 5.41) is 4.74. The lowest BCUT2D eigenvalue weighted by molar-refractivity contribution is 0.0927. The molecule has 1 aromatic heterocycles. The van der Waals surface area contributed by atoms with E-state index in [1.807, 2.05) is 25.1 Å². The molecule has 0 radical (unpaired) electrons. The summed E-state index contributed by atoms with van der Waals surface area (Å²) in [4.78, 5) is 19.4. The van der Waals surface area contributed by atoms with Gasteiger partial charge in [0.05, 0.1) is 12.2 Å². The van der Waals surface area contributed by atoms with Crippen LogP contribution in [-0.2, 0) is 12.8 Å². The average Bonchev–Trinajstić information content (AvgIpc) is 3.13. The Bertz CT molecular complexity index is 932. The Labute approximate surface area is 187 Å². The molecule has 2 aromatic rings. The van der Waals surface area contributed by atoms with Gasteiger partial charge in [0.25, 0.3) is 5.91 Å². The molecule has 4 nitrogen and oxygen atoms in total. The van der Waals surface area contributed by atoms with Crippen LogP contribution >= 0.6 is 22.9 Å². The number of nitrogens with zero attached hydrogens (tertiary/aromatic N) is 1. The van der Waals surface area contributed by atoms with Crippen LogP contribution in [0.15, 0.2) is 23.2 Å². The molecule has 0 aliphatic heterocycles. The molecule has 160 valence electrons. The molecule has 1 aromatic carbocycles. The normalized spacial score (nSPS) is 17.1. The summed E-state index contributed by atoms with van der Waals surface area (Å²) in [6.45, 7) is 2.53. The Morgan fingerprint density at radius 3 is 2.83 bits per heavy atom. The monoisotopic (exact) mass is 444 g/mol. The minimum atomic E-state index is 0.0459. The third-order valence-corrected chi connectivity index (χ3v) is 7.35. The second-order valence-electron chi connectivity index (χ2n) is 8.07. The zero-order valence-corrected chi connectivity index (χ0v) is 19.1. The van der Waals surface area contributed by atoms with Crippen molar-refractivity contribution in [2.75, 3.05) is 6.61 Å². The number of aryl methyl sites for hydroxylation is 1. The smallest absolute Gasteiger partial charge is 0.254 e. The van der Waals surface area contributed by atoms with Gasteiger partial charge in [0.2, 0.25) is 0 Å². The lowest BCUT2D eigenvalue weighted by Gasteiger charge is -2.23. The van der Waals surface area contributed by atoms with Crippen LogP contribution in [0.4, 0.5) is 5.00 Å². The summed E-state index contributed by atoms with van der Waals surface area (Å²) in [5.41, 5.74) is 2.83. The van der Waals surface area contributed by atoms with Crippen molar-refractivity contribution >= 4 is 40.1 Å². The van der Waals surface area contributed by atoms with E-state index in [-0.39, 0.29) is 5.91 Å². The van der Waals surface area contributed by atoms with Gasteiger partial charge in [-0.2, -0.15) is 0 Å². The highest BCUT2D eigenvalue weighted by Gasteiger charge is 2.27. The number of ether oxygens (including phenoxy) is 1. The number of nitrogens with one attached hydrogen (secondary N) is 1. The second kappa shape index (κ2) is 9.97. The third kappa shape index (κ3) is 4.89. The molecule has 0 saturated heterocycles. The number of hydrogen-bond acceptors (Lipinski definition) is 4. The van der Waals surface area contributed by atoms with Gasteiger partial charge in [0.1, 0.15) is 10.8 Å². The highest BCUT2D eigenvalue weighted by atomic mass is 35.5. The van der Waals surface area contributed by atoms with Crippen LogP contribution in [0.5, 0.6) is 5.75 Å². The highest BCUT2D eigenvalue weighted by Crippen LogP contribution is 2.40. The quantitative estimate of drug-likeness (QED) is 0.517. The molecule has 30 heavy (non-hydrogen) atoms. The van der Waals surface area contributed by atoms with E-state index in [1.54, 1.807) is 17.6 Å². The molecule has 0 unspecified atom stereocenters. The third-order valence-electron chi connectivity index (χ3n) is 5.91. The van der Waals surface area contributed by atoms with Crippen LogP contribution < -0.4 is 10.1 Å². The molecule has 0 bridgehead atoms. The van der Waals surface area contributed by atoms with Crippen molar-refractivity contribution in [1.82, 2.24) is 5.32 Å². The van der Waals surface area contributed by atoms with E-state index in [4.69, 9.17) is 21.3 Å². The maximum absolute atomic E-state index is 13.3. The number of hydrogen-bond donors (Lipinski definition) is 1. The van der Waals surface area contributed by atoms with Crippen molar-refractivity contribution < 1.29 is 9.53 Å². The van der Waals surface area contributed by atoms with Crippen LogP contribution in [0.3, 0.4) is 0 Å². The molecule has 1 saturated carbocycles. The molecule has 1 heterocycles. The topological polar surface area (TPSA) is 50.7 Å². The van der Waals surface area contributed by atoms with E-state index in [1.165, 1.54) is 36.1 Å². The van der Waals surface area contributed by atoms with Gasteiger partial charge in [-0.1, -0.05) is 30.9 Å². The molecule has 0 atom stereocenters. The number of fused-ring (bicyclic) bond motifs is 1. The standard InChI is InChI=1S/C24H29ClN2O2S/c1-2-29-20-13-12-17(25)14-16(20)15-26-24-22(19-10-6-7-11-21(19)30-24)23(28)27-18-8-4-3-5-9-18/h12-15,18H,2-11H2,1H3,(H,27,28)/b26-15-. The maximum Gasteiger partial charge on any atom is 0.254 e. The molecule has 1 N–H and O–H groups in total. The van der Waals surface area contributed by atoms with Crippen molar-refractivity contribution in [1.29, 1.82) is 0 Å². The SMILES string of the molecule is CCOc1ccc(Cl)cc1/C=N\c1sc2c(c1C(=O)NC1CCCCC1)CCCC2. The predicted octanol–water partition coefficient (Wildman–Crippen LogP) is 6.49. The van der Waals surface area contributed by atoms with Crippen molar-refractivity contribution in [2.45, 2.75) is 70.8 Å². The van der Waals surface area contributed by atoms with Gasteiger partial charge in [-0.05, 0) is 69.2 Å². The summed E-state index contributed by atoms with van der Waals surface area (Å²) in [6, 6.07) is 5.82. The van der Waals surface area contributed by atoms with Crippen LogP contribution in [0, 0.1) is 0 Å². The molecule has 2 aliphatic rings. The van der Waals surface area contributed by atoms with Gasteiger partial charge in [0, 0.05) is 27.7 Å². The number of benzene rings is 1. The van der Waals surface area contributed by atoms with Gasteiger partial charge in [-0.25, -0.2) is 4.99 Å². The van der Waals surface area contributed by atoms with Gasteiger partial charge in [-0.15, -0.1) is 11.3 Å². The van der Waals surface area contributed by atoms with Gasteiger partial charge in [0.15, 0.2) is 0 Å². The number of carbonyl (C=O) groups excluding carboxylic acids is 1. The van der Waals surface area contributed by atoms with E-state index in [2.05, 4.69) is 5.32 Å². The van der Waals surface area contributed by atoms with E-state index in [9.17, 15) is 4.79 Å². The van der Waals surface area contributed by atoms with Crippen molar-refractivity contribution in [3.63, 3.8) is 0 Å². The summed E-state index contributed by atoms with van der Waals surface area (Å²) in [7, 11) is 0. The molecular weight excluding hydrogens is 416 g/mol. The molecule has 1 fully saturated rings. The summed E-state index contributed by atoms with van der Waals surface area (Å²) < 4.78 is 5.71. The maximum atomic E-state index is 13.3. The number of amides is 1. The lowest BCUT2D eigenvalue weighted by atomic mass is 9.93. The number of thiophene rings is 1. The summed E-state index contributed by atoms with van der Waals surface area (Å²) in [6.07, 6.45) is 12.0. The molecular formula is C24H29ClN2O2S. The minimum Gasteiger partial charge on any atom is -0.493 e. The van der Waals surface area contributed by atoms with Crippen LogP contribution in [0.25, 0.3) is 0 Å². The number of rotatable bonds is 6. The van der Waals surface area contributed by atoms with Crippen molar-refractivity contribution in [3.8, 4) is 5.75 Å². The minimum absolute atomic E-state index is 0.0459. The lowest BCUT2D eigenvalue weighted by Crippen LogP contribution is -2.36. The Morgan fingerprint density at radius 2 is 2.03 bits per heavy atom. The zero-order chi connectivity index (χ0) is 20.9. The summed E-state index contributed by atoms with van der Waals surface area (Å²) in [5.74, 6) is 0.796. The van der Waals surface area contributed by atoms with Crippen molar-refractivity contribution in [2.24, 2.45) is 4.99 Å².